The molecule has 0 heterocycles. The summed E-state index contributed by atoms with van der Waals surface area (Å²) in [6.07, 6.45) is -4.95. The number of nitro groups is 1. The molecular weight excluding hydrogens is 470 g/mol. The van der Waals surface area contributed by atoms with E-state index in [0.717, 1.165) is 42.5 Å². The molecule has 0 aromatic heterocycles. The van der Waals surface area contributed by atoms with Gasteiger partial charge in [-0.2, -0.15) is 13.2 Å². The van der Waals surface area contributed by atoms with Crippen molar-refractivity contribution in [1.29, 1.82) is 0 Å². The maximum Gasteiger partial charge on any atom is 0.418 e. The van der Waals surface area contributed by atoms with Crippen LogP contribution in [0.5, 0.6) is 0 Å². The van der Waals surface area contributed by atoms with Gasteiger partial charge in [-0.15, -0.1) is 0 Å². The van der Waals surface area contributed by atoms with Crippen molar-refractivity contribution in [2.24, 2.45) is 0 Å². The summed E-state index contributed by atoms with van der Waals surface area (Å²) in [5.41, 5.74) is -3.56. The van der Waals surface area contributed by atoms with Gasteiger partial charge in [0.05, 0.1) is 32.3 Å². The summed E-state index contributed by atoms with van der Waals surface area (Å²) in [6, 6.07) is 10.4. The van der Waals surface area contributed by atoms with E-state index in [1.165, 1.54) is 12.1 Å². The minimum Gasteiger partial charge on any atom is -0.322 e. The summed E-state index contributed by atoms with van der Waals surface area (Å²) in [6.45, 7) is 0. The van der Waals surface area contributed by atoms with Gasteiger partial charge in [-0.05, 0) is 36.4 Å². The van der Waals surface area contributed by atoms with E-state index in [4.69, 9.17) is 11.6 Å². The molecule has 0 aliphatic rings. The second-order valence-corrected chi connectivity index (χ2v) is 6.97. The molecule has 7 nitrogen and oxygen atoms in total. The van der Waals surface area contributed by atoms with Crippen LogP contribution in [0.3, 0.4) is 0 Å². The molecule has 0 spiro atoms. The highest BCUT2D eigenvalue weighted by molar-refractivity contribution is 6.34. The number of nitrogens with one attached hydrogen (secondary N) is 2. The van der Waals surface area contributed by atoms with Crippen LogP contribution in [0.25, 0.3) is 0 Å². The molecule has 0 saturated heterocycles. The van der Waals surface area contributed by atoms with Crippen molar-refractivity contribution in [3.8, 4) is 0 Å². The van der Waals surface area contributed by atoms with Crippen LogP contribution in [-0.2, 0) is 6.18 Å². The van der Waals surface area contributed by atoms with E-state index in [9.17, 15) is 37.3 Å². The van der Waals surface area contributed by atoms with Crippen LogP contribution in [0.15, 0.2) is 60.7 Å². The smallest absolute Gasteiger partial charge is 0.322 e. The van der Waals surface area contributed by atoms with Gasteiger partial charge in [-0.25, -0.2) is 4.39 Å². The Kier molecular flexibility index (Phi) is 6.63. The lowest BCUT2D eigenvalue weighted by atomic mass is 10.1. The highest BCUT2D eigenvalue weighted by Crippen LogP contribution is 2.37. The molecule has 0 fully saturated rings. The third kappa shape index (κ3) is 5.44. The molecule has 0 atom stereocenters. The molecule has 170 valence electrons. The van der Waals surface area contributed by atoms with Gasteiger partial charge in [-0.3, -0.25) is 19.7 Å². The Labute approximate surface area is 188 Å². The number of nitro benzene ring substituents is 1. The summed E-state index contributed by atoms with van der Waals surface area (Å²) in [4.78, 5) is 34.8. The summed E-state index contributed by atoms with van der Waals surface area (Å²) in [5, 5.41) is 14.9. The standard InChI is InChI=1S/C21H12ClF4N3O4/c22-16-7-6-12(29(32)33)10-14(16)20(31)28-18-8-5-11(9-15(18)21(24,25)26)27-19(30)13-3-1-2-4-17(13)23/h1-10H,(H,27,30)(H,28,31). The first kappa shape index (κ1) is 23.7. The number of anilines is 2. The lowest BCUT2D eigenvalue weighted by Crippen LogP contribution is -2.18. The monoisotopic (exact) mass is 481 g/mol. The predicted octanol–water partition coefficient (Wildman–Crippen LogP) is 5.91. The highest BCUT2D eigenvalue weighted by Gasteiger charge is 2.35. The van der Waals surface area contributed by atoms with Crippen molar-refractivity contribution in [3.05, 3.63) is 98.3 Å². The lowest BCUT2D eigenvalue weighted by molar-refractivity contribution is -0.384. The molecule has 3 aromatic carbocycles. The summed E-state index contributed by atoms with van der Waals surface area (Å²) < 4.78 is 54.6. The molecule has 3 rings (SSSR count). The summed E-state index contributed by atoms with van der Waals surface area (Å²) >= 11 is 5.86. The number of hydrogen-bond donors (Lipinski definition) is 2. The van der Waals surface area contributed by atoms with E-state index >= 15 is 0 Å². The Morgan fingerprint density at radius 1 is 0.909 bits per heavy atom. The number of alkyl halides is 3. The maximum absolute atomic E-state index is 13.7. The normalized spacial score (nSPS) is 11.1. The van der Waals surface area contributed by atoms with Crippen LogP contribution < -0.4 is 10.6 Å². The van der Waals surface area contributed by atoms with Gasteiger partial charge in [0.25, 0.3) is 17.5 Å². The zero-order valence-corrected chi connectivity index (χ0v) is 17.0. The van der Waals surface area contributed by atoms with E-state index < -0.39 is 51.2 Å². The fourth-order valence-electron chi connectivity index (χ4n) is 2.80. The van der Waals surface area contributed by atoms with Gasteiger partial charge >= 0.3 is 6.18 Å². The fraction of sp³-hybridized carbons (Fsp3) is 0.0476. The fourth-order valence-corrected chi connectivity index (χ4v) is 3.00. The van der Waals surface area contributed by atoms with Crippen molar-refractivity contribution in [2.75, 3.05) is 10.6 Å². The number of halogens is 5. The van der Waals surface area contributed by atoms with Crippen molar-refractivity contribution in [1.82, 2.24) is 0 Å². The van der Waals surface area contributed by atoms with Gasteiger partial charge in [0.1, 0.15) is 5.82 Å². The zero-order valence-electron chi connectivity index (χ0n) is 16.2. The molecule has 2 N–H and O–H groups in total. The molecule has 33 heavy (non-hydrogen) atoms. The molecule has 0 saturated carbocycles. The Balaban J connectivity index is 1.91. The molecule has 0 aliphatic carbocycles. The largest absolute Gasteiger partial charge is 0.418 e. The quantitative estimate of drug-likeness (QED) is 0.269. The topological polar surface area (TPSA) is 101 Å². The van der Waals surface area contributed by atoms with E-state index in [1.54, 1.807) is 0 Å². The number of nitrogens with zero attached hydrogens (tertiary/aromatic N) is 1. The number of carbonyl (C=O) groups excluding carboxylic acids is 2. The number of hydrogen-bond acceptors (Lipinski definition) is 4. The minimum atomic E-state index is -4.95. The zero-order chi connectivity index (χ0) is 24.3. The third-order valence-corrected chi connectivity index (χ3v) is 4.68. The first-order chi connectivity index (χ1) is 15.5. The van der Waals surface area contributed by atoms with Crippen LogP contribution in [0.1, 0.15) is 26.3 Å². The molecule has 0 unspecified atom stereocenters. The van der Waals surface area contributed by atoms with Gasteiger partial charge in [0, 0.05) is 17.8 Å². The maximum atomic E-state index is 13.7. The molecule has 0 bridgehead atoms. The molecule has 3 aromatic rings. The molecule has 0 aliphatic heterocycles. The van der Waals surface area contributed by atoms with Crippen LogP contribution >= 0.6 is 11.6 Å². The number of carbonyl (C=O) groups is 2. The number of benzene rings is 3. The number of rotatable bonds is 5. The number of amides is 2. The van der Waals surface area contributed by atoms with Gasteiger partial charge in [-0.1, -0.05) is 23.7 Å². The van der Waals surface area contributed by atoms with E-state index in [0.29, 0.717) is 6.07 Å². The Morgan fingerprint density at radius 3 is 2.21 bits per heavy atom. The second-order valence-electron chi connectivity index (χ2n) is 6.57. The predicted molar refractivity (Wildman–Crippen MR) is 112 cm³/mol. The second kappa shape index (κ2) is 9.25. The molecule has 2 amide bonds. The summed E-state index contributed by atoms with van der Waals surface area (Å²) in [5.74, 6) is -2.94. The average molecular weight is 482 g/mol. The third-order valence-electron chi connectivity index (χ3n) is 4.35. The van der Waals surface area contributed by atoms with Crippen LogP contribution in [-0.4, -0.2) is 16.7 Å². The first-order valence-corrected chi connectivity index (χ1v) is 9.37. The van der Waals surface area contributed by atoms with E-state index in [2.05, 4.69) is 5.32 Å². The van der Waals surface area contributed by atoms with Gasteiger partial charge in [0.15, 0.2) is 0 Å². The van der Waals surface area contributed by atoms with Crippen LogP contribution in [0.2, 0.25) is 5.02 Å². The Hall–Kier alpha value is -3.99. The lowest BCUT2D eigenvalue weighted by Gasteiger charge is -2.16. The molecule has 12 heteroatoms. The minimum absolute atomic E-state index is 0.208. The molecular formula is C21H12ClF4N3O4. The first-order valence-electron chi connectivity index (χ1n) is 9.00. The Bertz CT molecular complexity index is 1260. The summed E-state index contributed by atoms with van der Waals surface area (Å²) in [7, 11) is 0. The Morgan fingerprint density at radius 2 is 1.58 bits per heavy atom. The van der Waals surface area contributed by atoms with Crippen LogP contribution in [0.4, 0.5) is 34.6 Å². The van der Waals surface area contributed by atoms with Crippen molar-refractivity contribution < 1.29 is 32.1 Å². The highest BCUT2D eigenvalue weighted by atomic mass is 35.5. The van der Waals surface area contributed by atoms with Gasteiger partial charge in [0.2, 0.25) is 0 Å². The molecule has 0 radical (unpaired) electrons. The number of non-ortho nitro benzene ring substituents is 1. The van der Waals surface area contributed by atoms with E-state index in [-0.39, 0.29) is 16.3 Å². The SMILES string of the molecule is O=C(Nc1ccc(NC(=O)c2cc([N+](=O)[O-])ccc2Cl)c(C(F)(F)F)c1)c1ccccc1F. The van der Waals surface area contributed by atoms with Crippen molar-refractivity contribution in [3.63, 3.8) is 0 Å². The van der Waals surface area contributed by atoms with Crippen molar-refractivity contribution in [2.45, 2.75) is 6.18 Å². The van der Waals surface area contributed by atoms with Crippen LogP contribution in [0, 0.1) is 15.9 Å². The van der Waals surface area contributed by atoms with Gasteiger partial charge < -0.3 is 10.6 Å². The van der Waals surface area contributed by atoms with Crippen molar-refractivity contribution >= 4 is 40.5 Å². The average Bonchev–Trinajstić information content (AvgIpc) is 2.74. The van der Waals surface area contributed by atoms with E-state index in [1.807, 2.05) is 5.32 Å².